The number of aryl methyl sites for hydroxylation is 1. The van der Waals surface area contributed by atoms with Crippen molar-refractivity contribution in [3.63, 3.8) is 0 Å². The maximum atomic E-state index is 13.3. The molecule has 3 rings (SSSR count). The van der Waals surface area contributed by atoms with Crippen LogP contribution in [0.15, 0.2) is 47.6 Å². The largest absolute Gasteiger partial charge is 0.340 e. The molecule has 0 N–H and O–H groups in total. The standard InChI is InChI=1S/C19H19ClFN3OS/c1-12(18(25)23(2)11-13-5-4-6-15(21)9-13)26-19-22-16-10-14(20)7-8-17(16)24(19)3/h4-10,12H,11H2,1-3H3. The van der Waals surface area contributed by atoms with Gasteiger partial charge in [-0.3, -0.25) is 4.79 Å². The van der Waals surface area contributed by atoms with Gasteiger partial charge in [-0.05, 0) is 42.8 Å². The molecule has 0 aliphatic carbocycles. The maximum absolute atomic E-state index is 13.3. The molecule has 0 fully saturated rings. The molecule has 1 heterocycles. The van der Waals surface area contributed by atoms with Crippen LogP contribution in [0.4, 0.5) is 4.39 Å². The highest BCUT2D eigenvalue weighted by molar-refractivity contribution is 8.00. The predicted molar refractivity (Wildman–Crippen MR) is 104 cm³/mol. The van der Waals surface area contributed by atoms with E-state index in [9.17, 15) is 9.18 Å². The van der Waals surface area contributed by atoms with Crippen molar-refractivity contribution in [3.8, 4) is 0 Å². The fraction of sp³-hybridized carbons (Fsp3) is 0.263. The summed E-state index contributed by atoms with van der Waals surface area (Å²) < 4.78 is 15.3. The Morgan fingerprint density at radius 1 is 1.35 bits per heavy atom. The van der Waals surface area contributed by atoms with Gasteiger partial charge in [-0.2, -0.15) is 0 Å². The highest BCUT2D eigenvalue weighted by atomic mass is 35.5. The lowest BCUT2D eigenvalue weighted by atomic mass is 10.2. The van der Waals surface area contributed by atoms with E-state index in [-0.39, 0.29) is 17.0 Å². The number of nitrogens with zero attached hydrogens (tertiary/aromatic N) is 3. The first kappa shape index (κ1) is 18.7. The van der Waals surface area contributed by atoms with Crippen LogP contribution in [-0.2, 0) is 18.4 Å². The molecule has 0 saturated heterocycles. The zero-order valence-corrected chi connectivity index (χ0v) is 16.3. The molecule has 7 heteroatoms. The van der Waals surface area contributed by atoms with Crippen molar-refractivity contribution in [2.45, 2.75) is 23.9 Å². The number of carbonyl (C=O) groups is 1. The Balaban J connectivity index is 1.71. The van der Waals surface area contributed by atoms with Crippen molar-refractivity contribution < 1.29 is 9.18 Å². The number of benzene rings is 2. The number of thioether (sulfide) groups is 1. The number of amides is 1. The van der Waals surface area contributed by atoms with E-state index in [0.29, 0.717) is 11.6 Å². The van der Waals surface area contributed by atoms with Gasteiger partial charge in [0, 0.05) is 25.7 Å². The van der Waals surface area contributed by atoms with Gasteiger partial charge < -0.3 is 9.47 Å². The van der Waals surface area contributed by atoms with Gasteiger partial charge in [0.25, 0.3) is 0 Å². The van der Waals surface area contributed by atoms with Gasteiger partial charge in [0.15, 0.2) is 5.16 Å². The summed E-state index contributed by atoms with van der Waals surface area (Å²) in [5.74, 6) is -0.339. The monoisotopic (exact) mass is 391 g/mol. The number of aromatic nitrogens is 2. The molecule has 26 heavy (non-hydrogen) atoms. The average Bonchev–Trinajstić information content (AvgIpc) is 2.89. The second-order valence-corrected chi connectivity index (χ2v) is 7.92. The van der Waals surface area contributed by atoms with Crippen LogP contribution in [0.2, 0.25) is 5.02 Å². The highest BCUT2D eigenvalue weighted by Gasteiger charge is 2.21. The van der Waals surface area contributed by atoms with Gasteiger partial charge >= 0.3 is 0 Å². The Labute approximate surface area is 161 Å². The zero-order chi connectivity index (χ0) is 18.8. The predicted octanol–water partition coefficient (Wildman–Crippen LogP) is 4.51. The van der Waals surface area contributed by atoms with E-state index < -0.39 is 0 Å². The van der Waals surface area contributed by atoms with E-state index >= 15 is 0 Å². The first-order valence-electron chi connectivity index (χ1n) is 8.13. The van der Waals surface area contributed by atoms with Crippen molar-refractivity contribution in [1.82, 2.24) is 14.5 Å². The molecule has 1 aromatic heterocycles. The minimum absolute atomic E-state index is 0.0376. The van der Waals surface area contributed by atoms with Crippen LogP contribution in [0.25, 0.3) is 11.0 Å². The second-order valence-electron chi connectivity index (χ2n) is 6.17. The molecule has 1 atom stereocenters. The third kappa shape index (κ3) is 4.02. The summed E-state index contributed by atoms with van der Waals surface area (Å²) in [7, 11) is 3.64. The SMILES string of the molecule is CC(Sc1nc2cc(Cl)ccc2n1C)C(=O)N(C)Cc1cccc(F)c1. The lowest BCUT2D eigenvalue weighted by Crippen LogP contribution is -2.33. The van der Waals surface area contributed by atoms with E-state index in [2.05, 4.69) is 4.98 Å². The van der Waals surface area contributed by atoms with Gasteiger partial charge in [0.05, 0.1) is 16.3 Å². The quantitative estimate of drug-likeness (QED) is 0.601. The molecule has 2 aromatic carbocycles. The van der Waals surface area contributed by atoms with E-state index in [1.807, 2.05) is 36.7 Å². The molecule has 4 nitrogen and oxygen atoms in total. The smallest absolute Gasteiger partial charge is 0.235 e. The number of fused-ring (bicyclic) bond motifs is 1. The second kappa shape index (κ2) is 7.68. The molecule has 0 radical (unpaired) electrons. The van der Waals surface area contributed by atoms with E-state index in [4.69, 9.17) is 11.6 Å². The van der Waals surface area contributed by atoms with Crippen molar-refractivity contribution >= 4 is 40.3 Å². The Kier molecular flexibility index (Phi) is 5.53. The Hall–Kier alpha value is -2.05. The molecular weight excluding hydrogens is 373 g/mol. The van der Waals surface area contributed by atoms with Crippen LogP contribution >= 0.6 is 23.4 Å². The topological polar surface area (TPSA) is 38.1 Å². The molecule has 1 amide bonds. The summed E-state index contributed by atoms with van der Waals surface area (Å²) in [6, 6.07) is 11.8. The van der Waals surface area contributed by atoms with Crippen LogP contribution in [0.5, 0.6) is 0 Å². The summed E-state index contributed by atoms with van der Waals surface area (Å²) in [5, 5.41) is 1.06. The zero-order valence-electron chi connectivity index (χ0n) is 14.7. The number of imidazole rings is 1. The lowest BCUT2D eigenvalue weighted by molar-refractivity contribution is -0.129. The normalized spacial score (nSPS) is 12.3. The van der Waals surface area contributed by atoms with Gasteiger partial charge in [0.1, 0.15) is 5.82 Å². The summed E-state index contributed by atoms with van der Waals surface area (Å²) >= 11 is 7.42. The Morgan fingerprint density at radius 2 is 2.12 bits per heavy atom. The average molecular weight is 392 g/mol. The van der Waals surface area contributed by atoms with Crippen molar-refractivity contribution in [1.29, 1.82) is 0 Å². The number of hydrogen-bond acceptors (Lipinski definition) is 3. The lowest BCUT2D eigenvalue weighted by Gasteiger charge is -2.21. The van der Waals surface area contributed by atoms with Crippen LogP contribution in [-0.4, -0.2) is 32.7 Å². The summed E-state index contributed by atoms with van der Waals surface area (Å²) in [5.41, 5.74) is 2.52. The summed E-state index contributed by atoms with van der Waals surface area (Å²) in [4.78, 5) is 18.8. The van der Waals surface area contributed by atoms with E-state index in [1.54, 1.807) is 24.1 Å². The fourth-order valence-corrected chi connectivity index (χ4v) is 3.93. The van der Waals surface area contributed by atoms with Crippen LogP contribution in [0, 0.1) is 5.82 Å². The fourth-order valence-electron chi connectivity index (χ4n) is 2.76. The van der Waals surface area contributed by atoms with Gasteiger partial charge in [-0.25, -0.2) is 9.37 Å². The first-order chi connectivity index (χ1) is 12.3. The number of hydrogen-bond donors (Lipinski definition) is 0. The first-order valence-corrected chi connectivity index (χ1v) is 9.39. The van der Waals surface area contributed by atoms with Crippen molar-refractivity contribution in [2.75, 3.05) is 7.05 Å². The molecular formula is C19H19ClFN3OS. The molecule has 3 aromatic rings. The Bertz CT molecular complexity index is 959. The van der Waals surface area contributed by atoms with Crippen LogP contribution in [0.1, 0.15) is 12.5 Å². The van der Waals surface area contributed by atoms with Gasteiger partial charge in [0.2, 0.25) is 5.91 Å². The maximum Gasteiger partial charge on any atom is 0.235 e. The number of halogens is 2. The molecule has 0 aliphatic rings. The van der Waals surface area contributed by atoms with Crippen molar-refractivity contribution in [3.05, 3.63) is 58.9 Å². The van der Waals surface area contributed by atoms with Crippen LogP contribution in [0.3, 0.4) is 0 Å². The third-order valence-corrected chi connectivity index (χ3v) is 5.48. The minimum Gasteiger partial charge on any atom is -0.340 e. The highest BCUT2D eigenvalue weighted by Crippen LogP contribution is 2.28. The molecule has 1 unspecified atom stereocenters. The van der Waals surface area contributed by atoms with Gasteiger partial charge in [-0.1, -0.05) is 35.5 Å². The van der Waals surface area contributed by atoms with Crippen molar-refractivity contribution in [2.24, 2.45) is 7.05 Å². The molecule has 0 aliphatic heterocycles. The number of rotatable bonds is 5. The van der Waals surface area contributed by atoms with Crippen LogP contribution < -0.4 is 0 Å². The molecule has 0 spiro atoms. The molecule has 0 saturated carbocycles. The molecule has 0 bridgehead atoms. The van der Waals surface area contributed by atoms with E-state index in [0.717, 1.165) is 21.8 Å². The summed E-state index contributed by atoms with van der Waals surface area (Å²) in [6.45, 7) is 2.21. The Morgan fingerprint density at radius 3 is 2.85 bits per heavy atom. The van der Waals surface area contributed by atoms with E-state index in [1.165, 1.54) is 23.9 Å². The van der Waals surface area contributed by atoms with Gasteiger partial charge in [-0.15, -0.1) is 0 Å². The summed E-state index contributed by atoms with van der Waals surface area (Å²) in [6.07, 6.45) is 0. The molecule has 136 valence electrons. The third-order valence-electron chi connectivity index (χ3n) is 4.12. The number of carbonyl (C=O) groups excluding carboxylic acids is 1. The minimum atomic E-state index is -0.320.